The van der Waals surface area contributed by atoms with Gasteiger partial charge in [0.1, 0.15) is 29.1 Å². The SMILES string of the molecule is Cc1nc(NCc2cccc(C(F)(F)C3CCCO3)c2F)c(C2OCCO2)c(C(F)C(=O)NC2(C(F)F)CC2)n1. The number of aromatic nitrogens is 2. The summed E-state index contributed by atoms with van der Waals surface area (Å²) in [6.07, 6.45) is -7.43. The first-order chi connectivity index (χ1) is 19.0. The average molecular weight is 575 g/mol. The second-order valence-electron chi connectivity index (χ2n) is 10.1. The Hall–Kier alpha value is -2.97. The van der Waals surface area contributed by atoms with Gasteiger partial charge in [-0.05, 0) is 38.7 Å². The number of nitrogens with one attached hydrogen (secondary N) is 2. The Kier molecular flexibility index (Phi) is 7.94. The van der Waals surface area contributed by atoms with E-state index in [9.17, 15) is 13.6 Å². The molecule has 1 saturated carbocycles. The van der Waals surface area contributed by atoms with Crippen molar-refractivity contribution in [2.75, 3.05) is 25.1 Å². The van der Waals surface area contributed by atoms with Gasteiger partial charge in [0.15, 0.2) is 6.29 Å². The number of amides is 1. The number of carbonyl (C=O) groups is 1. The van der Waals surface area contributed by atoms with E-state index in [0.717, 1.165) is 6.07 Å². The number of alkyl halides is 5. The second kappa shape index (κ2) is 11.1. The number of hydrogen-bond donors (Lipinski definition) is 2. The second-order valence-corrected chi connectivity index (χ2v) is 10.1. The van der Waals surface area contributed by atoms with E-state index in [1.807, 2.05) is 0 Å². The van der Waals surface area contributed by atoms with E-state index < -0.39 is 59.4 Å². The van der Waals surface area contributed by atoms with E-state index >= 15 is 17.6 Å². The number of benzene rings is 1. The van der Waals surface area contributed by atoms with Gasteiger partial charge in [0, 0.05) is 18.7 Å². The largest absolute Gasteiger partial charge is 0.372 e. The lowest BCUT2D eigenvalue weighted by Gasteiger charge is -2.24. The van der Waals surface area contributed by atoms with Gasteiger partial charge in [0.05, 0.1) is 30.0 Å². The highest BCUT2D eigenvalue weighted by molar-refractivity contribution is 5.83. The van der Waals surface area contributed by atoms with Crippen molar-refractivity contribution in [2.45, 2.75) is 75.6 Å². The van der Waals surface area contributed by atoms with Gasteiger partial charge in [-0.25, -0.2) is 27.5 Å². The maximum Gasteiger partial charge on any atom is 0.301 e. The van der Waals surface area contributed by atoms with Crippen LogP contribution in [0, 0.1) is 12.7 Å². The summed E-state index contributed by atoms with van der Waals surface area (Å²) in [6.45, 7) is 1.48. The molecule has 8 nitrogen and oxygen atoms in total. The lowest BCUT2D eigenvalue weighted by molar-refractivity contribution is -0.129. The minimum Gasteiger partial charge on any atom is -0.372 e. The molecule has 1 amide bonds. The molecular formula is C26H28F6N4O4. The summed E-state index contributed by atoms with van der Waals surface area (Å²) in [7, 11) is 0. The number of carbonyl (C=O) groups excluding carboxylic acids is 1. The molecule has 218 valence electrons. The molecule has 1 aliphatic carbocycles. The van der Waals surface area contributed by atoms with Crippen molar-refractivity contribution in [3.05, 3.63) is 52.2 Å². The first-order valence-electron chi connectivity index (χ1n) is 12.9. The zero-order valence-corrected chi connectivity index (χ0v) is 21.5. The van der Waals surface area contributed by atoms with E-state index in [0.29, 0.717) is 6.42 Å². The quantitative estimate of drug-likeness (QED) is 0.395. The monoisotopic (exact) mass is 574 g/mol. The molecule has 2 saturated heterocycles. The molecule has 3 heterocycles. The van der Waals surface area contributed by atoms with Crippen molar-refractivity contribution < 1.29 is 45.3 Å². The molecule has 0 radical (unpaired) electrons. The average Bonchev–Trinajstić information content (AvgIpc) is 3.29. The van der Waals surface area contributed by atoms with Crippen LogP contribution in [-0.4, -0.2) is 53.8 Å². The predicted octanol–water partition coefficient (Wildman–Crippen LogP) is 4.78. The Morgan fingerprint density at radius 2 is 1.85 bits per heavy atom. The highest BCUT2D eigenvalue weighted by Gasteiger charge is 2.53. The fraction of sp³-hybridized carbons (Fsp3) is 0.577. The summed E-state index contributed by atoms with van der Waals surface area (Å²) < 4.78 is 104. The van der Waals surface area contributed by atoms with Crippen molar-refractivity contribution in [3.63, 3.8) is 0 Å². The molecule has 3 fully saturated rings. The highest BCUT2D eigenvalue weighted by Crippen LogP contribution is 2.43. The summed E-state index contributed by atoms with van der Waals surface area (Å²) in [5, 5.41) is 4.88. The van der Waals surface area contributed by atoms with Gasteiger partial charge in [-0.15, -0.1) is 0 Å². The fourth-order valence-electron chi connectivity index (χ4n) is 4.84. The van der Waals surface area contributed by atoms with E-state index in [1.165, 1.54) is 19.1 Å². The van der Waals surface area contributed by atoms with Crippen LogP contribution >= 0.6 is 0 Å². The van der Waals surface area contributed by atoms with Gasteiger partial charge in [-0.2, -0.15) is 8.78 Å². The van der Waals surface area contributed by atoms with E-state index in [4.69, 9.17) is 14.2 Å². The number of nitrogens with zero attached hydrogens (tertiary/aromatic N) is 2. The van der Waals surface area contributed by atoms with Gasteiger partial charge in [-0.1, -0.05) is 12.1 Å². The van der Waals surface area contributed by atoms with Gasteiger partial charge in [0.2, 0.25) is 6.17 Å². The van der Waals surface area contributed by atoms with Crippen LogP contribution in [0.25, 0.3) is 0 Å². The number of ether oxygens (including phenoxy) is 3. The van der Waals surface area contributed by atoms with E-state index in [2.05, 4.69) is 20.6 Å². The van der Waals surface area contributed by atoms with Gasteiger partial charge in [-0.3, -0.25) is 4.79 Å². The number of hydrogen-bond acceptors (Lipinski definition) is 7. The molecule has 1 aromatic heterocycles. The number of rotatable bonds is 10. The molecule has 2 aliphatic heterocycles. The van der Waals surface area contributed by atoms with Gasteiger partial charge in [0.25, 0.3) is 12.3 Å². The van der Waals surface area contributed by atoms with Crippen LogP contribution in [-0.2, 0) is 31.5 Å². The van der Waals surface area contributed by atoms with Crippen molar-refractivity contribution >= 4 is 11.7 Å². The highest BCUT2D eigenvalue weighted by atomic mass is 19.3. The summed E-state index contributed by atoms with van der Waals surface area (Å²) in [4.78, 5) is 20.9. The molecule has 3 aliphatic rings. The van der Waals surface area contributed by atoms with E-state index in [1.54, 1.807) is 0 Å². The maximum atomic E-state index is 15.5. The topological polar surface area (TPSA) is 94.6 Å². The summed E-state index contributed by atoms with van der Waals surface area (Å²) in [5.74, 6) is -6.09. The van der Waals surface area contributed by atoms with Gasteiger partial charge < -0.3 is 24.8 Å². The Labute approximate surface area is 225 Å². The van der Waals surface area contributed by atoms with Crippen LogP contribution in [0.1, 0.15) is 66.4 Å². The molecule has 40 heavy (non-hydrogen) atoms. The van der Waals surface area contributed by atoms with Crippen molar-refractivity contribution in [3.8, 4) is 0 Å². The molecule has 1 aromatic carbocycles. The molecule has 0 bridgehead atoms. The number of aryl methyl sites for hydroxylation is 1. The van der Waals surface area contributed by atoms with Crippen LogP contribution in [0.4, 0.5) is 32.2 Å². The molecule has 2 aromatic rings. The minimum absolute atomic E-state index is 0.00355. The maximum absolute atomic E-state index is 15.5. The standard InChI is InChI=1S/C26H28F6N4O4/c1-13-34-20(19(28)22(37)36-25(7-8-25)24(29)30)17(23-39-10-11-40-23)21(35-13)33-12-14-4-2-5-15(18(14)27)26(31,32)16-6-3-9-38-16/h2,4-5,16,19,23-24H,3,6-12H2,1H3,(H,36,37)(H,33,34,35). The minimum atomic E-state index is -3.56. The van der Waals surface area contributed by atoms with Crippen molar-refractivity contribution in [1.29, 1.82) is 0 Å². The van der Waals surface area contributed by atoms with Crippen LogP contribution in [0.15, 0.2) is 18.2 Å². The normalized spacial score (nSPS) is 21.6. The third kappa shape index (κ3) is 5.48. The smallest absolute Gasteiger partial charge is 0.301 e. The molecule has 0 spiro atoms. The third-order valence-corrected chi connectivity index (χ3v) is 7.21. The number of halogens is 6. The zero-order chi connectivity index (χ0) is 28.7. The van der Waals surface area contributed by atoms with E-state index in [-0.39, 0.29) is 68.4 Å². The van der Waals surface area contributed by atoms with Crippen LogP contribution < -0.4 is 10.6 Å². The summed E-state index contributed by atoms with van der Waals surface area (Å²) in [5.41, 5.74) is -3.31. The van der Waals surface area contributed by atoms with Crippen molar-refractivity contribution in [1.82, 2.24) is 15.3 Å². The lowest BCUT2D eigenvalue weighted by atomic mass is 9.98. The van der Waals surface area contributed by atoms with Crippen LogP contribution in [0.3, 0.4) is 0 Å². The zero-order valence-electron chi connectivity index (χ0n) is 21.5. The van der Waals surface area contributed by atoms with Crippen LogP contribution in [0.5, 0.6) is 0 Å². The first-order valence-corrected chi connectivity index (χ1v) is 12.9. The third-order valence-electron chi connectivity index (χ3n) is 7.21. The van der Waals surface area contributed by atoms with Crippen LogP contribution in [0.2, 0.25) is 0 Å². The first kappa shape index (κ1) is 28.6. The summed E-state index contributed by atoms with van der Waals surface area (Å²) >= 11 is 0. The Morgan fingerprint density at radius 3 is 2.48 bits per heavy atom. The molecule has 5 rings (SSSR count). The number of anilines is 1. The lowest BCUT2D eigenvalue weighted by Crippen LogP contribution is -2.44. The molecule has 2 N–H and O–H groups in total. The Balaban J connectivity index is 1.43. The van der Waals surface area contributed by atoms with Gasteiger partial charge >= 0.3 is 5.92 Å². The molecule has 14 heteroatoms. The summed E-state index contributed by atoms with van der Waals surface area (Å²) in [6, 6.07) is 3.59. The molecular weight excluding hydrogens is 546 g/mol. The van der Waals surface area contributed by atoms with Crippen molar-refractivity contribution in [2.24, 2.45) is 0 Å². The molecule has 2 atom stereocenters. The fourth-order valence-corrected chi connectivity index (χ4v) is 4.84. The molecule has 2 unspecified atom stereocenters. The Bertz CT molecular complexity index is 1250. The predicted molar refractivity (Wildman–Crippen MR) is 128 cm³/mol. The Morgan fingerprint density at radius 1 is 1.12 bits per heavy atom.